The first-order valence-corrected chi connectivity index (χ1v) is 7.34. The molecule has 0 saturated carbocycles. The molecule has 1 aromatic rings. The third-order valence-corrected chi connectivity index (χ3v) is 4.11. The number of ether oxygens (including phenoxy) is 1. The van der Waals surface area contributed by atoms with Gasteiger partial charge in [0.25, 0.3) is 0 Å². The van der Waals surface area contributed by atoms with Crippen LogP contribution in [0.4, 0.5) is 0 Å². The molecule has 2 rings (SSSR count). The Morgan fingerprint density at radius 3 is 2.38 bits per heavy atom. The van der Waals surface area contributed by atoms with Crippen LogP contribution in [0.15, 0.2) is 18.2 Å². The van der Waals surface area contributed by atoms with Crippen molar-refractivity contribution in [3.05, 3.63) is 29.3 Å². The molecule has 1 aromatic carbocycles. The number of aliphatic hydroxyl groups is 3. The lowest BCUT2D eigenvalue weighted by Gasteiger charge is -2.48. The molecule has 0 spiro atoms. The SMILES string of the molecule is Cc1cccc2c1OC(C)(C)C(N(CCO)CCO)C2O. The zero-order valence-corrected chi connectivity index (χ0v) is 12.9. The van der Waals surface area contributed by atoms with Crippen LogP contribution in [0.2, 0.25) is 0 Å². The van der Waals surface area contributed by atoms with E-state index in [0.29, 0.717) is 13.1 Å². The number of fused-ring (bicyclic) bond motifs is 1. The average molecular weight is 295 g/mol. The van der Waals surface area contributed by atoms with Crippen LogP contribution in [0.1, 0.15) is 31.1 Å². The summed E-state index contributed by atoms with van der Waals surface area (Å²) in [6.45, 7) is 6.53. The van der Waals surface area contributed by atoms with Gasteiger partial charge in [-0.2, -0.15) is 0 Å². The highest BCUT2D eigenvalue weighted by Crippen LogP contribution is 2.43. The highest BCUT2D eigenvalue weighted by atomic mass is 16.5. The summed E-state index contributed by atoms with van der Waals surface area (Å²) in [6.07, 6.45) is -0.721. The van der Waals surface area contributed by atoms with E-state index in [-0.39, 0.29) is 19.3 Å². The molecule has 0 aliphatic carbocycles. The molecule has 2 unspecified atom stereocenters. The molecule has 0 aromatic heterocycles. The molecule has 5 nitrogen and oxygen atoms in total. The fourth-order valence-electron chi connectivity index (χ4n) is 3.21. The van der Waals surface area contributed by atoms with E-state index in [4.69, 9.17) is 4.74 Å². The van der Waals surface area contributed by atoms with Crippen LogP contribution in [-0.2, 0) is 0 Å². The summed E-state index contributed by atoms with van der Waals surface area (Å²) in [4.78, 5) is 1.88. The molecule has 0 fully saturated rings. The summed E-state index contributed by atoms with van der Waals surface area (Å²) in [5.74, 6) is 0.735. The molecule has 1 aliphatic heterocycles. The molecule has 0 radical (unpaired) electrons. The normalized spacial score (nSPS) is 23.8. The molecule has 21 heavy (non-hydrogen) atoms. The first kappa shape index (κ1) is 16.2. The van der Waals surface area contributed by atoms with Gasteiger partial charge < -0.3 is 20.1 Å². The Labute approximate surface area is 125 Å². The minimum atomic E-state index is -0.721. The molecule has 3 N–H and O–H groups in total. The van der Waals surface area contributed by atoms with Gasteiger partial charge in [-0.1, -0.05) is 18.2 Å². The molecule has 0 bridgehead atoms. The molecule has 1 aliphatic rings. The predicted octanol–water partition coefficient (Wildman–Crippen LogP) is 0.855. The number of hydrogen-bond donors (Lipinski definition) is 3. The summed E-state index contributed by atoms with van der Waals surface area (Å²) < 4.78 is 6.14. The fraction of sp³-hybridized carbons (Fsp3) is 0.625. The minimum absolute atomic E-state index is 0.0278. The van der Waals surface area contributed by atoms with E-state index in [1.807, 2.05) is 43.9 Å². The number of para-hydroxylation sites is 1. The largest absolute Gasteiger partial charge is 0.485 e. The van der Waals surface area contributed by atoms with E-state index in [9.17, 15) is 15.3 Å². The van der Waals surface area contributed by atoms with Gasteiger partial charge >= 0.3 is 0 Å². The molecular weight excluding hydrogens is 270 g/mol. The third kappa shape index (κ3) is 3.06. The van der Waals surface area contributed by atoms with Crippen molar-refractivity contribution in [1.82, 2.24) is 4.90 Å². The number of hydrogen-bond acceptors (Lipinski definition) is 5. The maximum atomic E-state index is 10.8. The standard InChI is InChI=1S/C16H25NO4/c1-11-5-4-6-12-13(20)15(16(2,3)21-14(11)12)17(7-9-18)8-10-19/h4-6,13,15,18-20H,7-10H2,1-3H3. The Hall–Kier alpha value is -1.14. The summed E-state index contributed by atoms with van der Waals surface area (Å²) in [7, 11) is 0. The van der Waals surface area contributed by atoms with Crippen molar-refractivity contribution in [2.45, 2.75) is 38.5 Å². The lowest BCUT2D eigenvalue weighted by atomic mass is 9.84. The van der Waals surface area contributed by atoms with Crippen molar-refractivity contribution in [3.63, 3.8) is 0 Å². The van der Waals surface area contributed by atoms with E-state index in [2.05, 4.69) is 0 Å². The Morgan fingerprint density at radius 2 is 1.81 bits per heavy atom. The number of rotatable bonds is 5. The summed E-state index contributed by atoms with van der Waals surface area (Å²) in [6, 6.07) is 5.40. The van der Waals surface area contributed by atoms with Gasteiger partial charge in [-0.15, -0.1) is 0 Å². The predicted molar refractivity (Wildman–Crippen MR) is 80.4 cm³/mol. The van der Waals surface area contributed by atoms with Crippen LogP contribution in [0.25, 0.3) is 0 Å². The van der Waals surface area contributed by atoms with Crippen LogP contribution in [0.5, 0.6) is 5.75 Å². The summed E-state index contributed by atoms with van der Waals surface area (Å²) >= 11 is 0. The van der Waals surface area contributed by atoms with E-state index in [1.165, 1.54) is 0 Å². The zero-order chi connectivity index (χ0) is 15.6. The van der Waals surface area contributed by atoms with Crippen LogP contribution in [-0.4, -0.2) is 58.2 Å². The second-order valence-electron chi connectivity index (χ2n) is 6.07. The summed E-state index contributed by atoms with van der Waals surface area (Å²) in [5, 5.41) is 29.3. The highest BCUT2D eigenvalue weighted by Gasteiger charge is 2.46. The Morgan fingerprint density at radius 1 is 1.19 bits per heavy atom. The molecule has 5 heteroatoms. The Balaban J connectivity index is 2.42. The molecule has 1 heterocycles. The number of nitrogens with zero attached hydrogens (tertiary/aromatic N) is 1. The number of benzene rings is 1. The lowest BCUT2D eigenvalue weighted by Crippen LogP contribution is -2.59. The van der Waals surface area contributed by atoms with Gasteiger partial charge in [0.05, 0.1) is 19.3 Å². The number of aliphatic hydroxyl groups excluding tert-OH is 3. The van der Waals surface area contributed by atoms with Crippen molar-refractivity contribution in [2.24, 2.45) is 0 Å². The zero-order valence-electron chi connectivity index (χ0n) is 12.9. The van der Waals surface area contributed by atoms with Gasteiger partial charge in [0.1, 0.15) is 17.5 Å². The topological polar surface area (TPSA) is 73.2 Å². The molecule has 2 atom stereocenters. The minimum Gasteiger partial charge on any atom is -0.485 e. The fourth-order valence-corrected chi connectivity index (χ4v) is 3.21. The average Bonchev–Trinajstić information content (AvgIpc) is 2.40. The lowest BCUT2D eigenvalue weighted by molar-refractivity contribution is -0.0886. The monoisotopic (exact) mass is 295 g/mol. The van der Waals surface area contributed by atoms with Crippen molar-refractivity contribution in [3.8, 4) is 5.75 Å². The smallest absolute Gasteiger partial charge is 0.128 e. The molecule has 0 saturated heterocycles. The van der Waals surface area contributed by atoms with E-state index < -0.39 is 11.7 Å². The second kappa shape index (κ2) is 6.32. The van der Waals surface area contributed by atoms with Crippen molar-refractivity contribution >= 4 is 0 Å². The molecule has 118 valence electrons. The Bertz CT molecular complexity index is 483. The van der Waals surface area contributed by atoms with Gasteiger partial charge in [-0.05, 0) is 26.3 Å². The quantitative estimate of drug-likeness (QED) is 0.751. The van der Waals surface area contributed by atoms with Gasteiger partial charge in [0.15, 0.2) is 0 Å². The van der Waals surface area contributed by atoms with Gasteiger partial charge in [0, 0.05) is 18.7 Å². The summed E-state index contributed by atoms with van der Waals surface area (Å²) in [5.41, 5.74) is 1.14. The maximum Gasteiger partial charge on any atom is 0.128 e. The maximum absolute atomic E-state index is 10.8. The first-order valence-electron chi connectivity index (χ1n) is 7.34. The van der Waals surface area contributed by atoms with Gasteiger partial charge in [-0.3, -0.25) is 4.90 Å². The van der Waals surface area contributed by atoms with E-state index in [0.717, 1.165) is 16.9 Å². The third-order valence-electron chi connectivity index (χ3n) is 4.11. The molecule has 0 amide bonds. The van der Waals surface area contributed by atoms with Crippen molar-refractivity contribution < 1.29 is 20.1 Å². The molecular formula is C16H25NO4. The number of aryl methyl sites for hydroxylation is 1. The van der Waals surface area contributed by atoms with E-state index in [1.54, 1.807) is 0 Å². The van der Waals surface area contributed by atoms with Gasteiger partial charge in [0.2, 0.25) is 0 Å². The van der Waals surface area contributed by atoms with Crippen LogP contribution in [0.3, 0.4) is 0 Å². The van der Waals surface area contributed by atoms with Crippen LogP contribution < -0.4 is 4.74 Å². The van der Waals surface area contributed by atoms with Crippen LogP contribution in [0, 0.1) is 6.92 Å². The van der Waals surface area contributed by atoms with Crippen molar-refractivity contribution in [2.75, 3.05) is 26.3 Å². The Kier molecular flexibility index (Phi) is 4.88. The highest BCUT2D eigenvalue weighted by molar-refractivity contribution is 5.45. The van der Waals surface area contributed by atoms with E-state index >= 15 is 0 Å². The first-order chi connectivity index (χ1) is 9.92. The van der Waals surface area contributed by atoms with Crippen LogP contribution >= 0.6 is 0 Å². The van der Waals surface area contributed by atoms with Gasteiger partial charge in [-0.25, -0.2) is 0 Å². The second-order valence-corrected chi connectivity index (χ2v) is 6.07. The van der Waals surface area contributed by atoms with Crippen molar-refractivity contribution in [1.29, 1.82) is 0 Å².